The van der Waals surface area contributed by atoms with Gasteiger partial charge < -0.3 is 11.1 Å². The number of nitrogens with one attached hydrogen (secondary N) is 2. The molecule has 1 aromatic heterocycles. The molecule has 0 spiro atoms. The van der Waals surface area contributed by atoms with Crippen molar-refractivity contribution in [3.8, 4) is 0 Å². The number of nitrogen functional groups attached to an aromatic ring is 1. The first-order chi connectivity index (χ1) is 11.0. The molecule has 0 aliphatic carbocycles. The highest BCUT2D eigenvalue weighted by atomic mass is 32.2. The van der Waals surface area contributed by atoms with Crippen molar-refractivity contribution < 1.29 is 9.18 Å². The zero-order valence-corrected chi connectivity index (χ0v) is 13.4. The fourth-order valence-corrected chi connectivity index (χ4v) is 2.71. The van der Waals surface area contributed by atoms with E-state index in [1.54, 1.807) is 0 Å². The van der Waals surface area contributed by atoms with E-state index in [0.717, 1.165) is 30.7 Å². The van der Waals surface area contributed by atoms with Crippen molar-refractivity contribution in [2.45, 2.75) is 24.9 Å². The standard InChI is InChI=1S/C15H17FN4O2S/c1-2-3-8-23-15-19-12(17)11(14(22)20-15)18-13(21)9-4-6-10(16)7-5-9/h4-7H,2-3,8H2,1H3,(H,18,21)(H3,17,19,20,22). The number of aromatic amines is 1. The van der Waals surface area contributed by atoms with Crippen LogP contribution in [0, 0.1) is 5.82 Å². The first kappa shape index (κ1) is 17.0. The van der Waals surface area contributed by atoms with Gasteiger partial charge in [-0.3, -0.25) is 14.6 Å². The highest BCUT2D eigenvalue weighted by Gasteiger charge is 2.14. The number of nitrogens with zero attached hydrogens (tertiary/aromatic N) is 1. The number of nitrogens with two attached hydrogens (primary N) is 1. The minimum Gasteiger partial charge on any atom is -0.382 e. The molecule has 1 heterocycles. The number of hydrogen-bond acceptors (Lipinski definition) is 5. The van der Waals surface area contributed by atoms with Crippen LogP contribution in [0.5, 0.6) is 0 Å². The summed E-state index contributed by atoms with van der Waals surface area (Å²) in [5.74, 6) is -0.243. The third kappa shape index (κ3) is 4.56. The van der Waals surface area contributed by atoms with Crippen LogP contribution in [-0.4, -0.2) is 21.6 Å². The topological polar surface area (TPSA) is 101 Å². The molecule has 0 fully saturated rings. The quantitative estimate of drug-likeness (QED) is 0.428. The Labute approximate surface area is 136 Å². The number of hydrogen-bond donors (Lipinski definition) is 3. The van der Waals surface area contributed by atoms with Crippen molar-refractivity contribution in [3.63, 3.8) is 0 Å². The predicted octanol–water partition coefficient (Wildman–Crippen LogP) is 2.64. The number of H-pyrrole nitrogens is 1. The van der Waals surface area contributed by atoms with Crippen LogP contribution >= 0.6 is 11.8 Å². The average Bonchev–Trinajstić information content (AvgIpc) is 2.51. The van der Waals surface area contributed by atoms with Crippen molar-refractivity contribution in [2.75, 3.05) is 16.8 Å². The second-order valence-corrected chi connectivity index (χ2v) is 5.88. The maximum atomic E-state index is 12.9. The molecule has 0 aliphatic heterocycles. The molecule has 2 rings (SSSR count). The lowest BCUT2D eigenvalue weighted by atomic mass is 10.2. The molecule has 1 aromatic carbocycles. The van der Waals surface area contributed by atoms with Crippen molar-refractivity contribution in [2.24, 2.45) is 0 Å². The Morgan fingerprint density at radius 2 is 2.09 bits per heavy atom. The lowest BCUT2D eigenvalue weighted by Gasteiger charge is -2.08. The Hall–Kier alpha value is -2.35. The van der Waals surface area contributed by atoms with Crippen LogP contribution in [0.2, 0.25) is 0 Å². The van der Waals surface area contributed by atoms with E-state index in [1.165, 1.54) is 23.9 Å². The Kier molecular flexibility index (Phi) is 5.75. The van der Waals surface area contributed by atoms with E-state index in [9.17, 15) is 14.0 Å². The number of anilines is 2. The van der Waals surface area contributed by atoms with Gasteiger partial charge in [0.05, 0.1) is 0 Å². The van der Waals surface area contributed by atoms with Crippen molar-refractivity contribution in [1.82, 2.24) is 9.97 Å². The number of halogens is 1. The van der Waals surface area contributed by atoms with Gasteiger partial charge in [-0.2, -0.15) is 0 Å². The van der Waals surface area contributed by atoms with E-state index >= 15 is 0 Å². The molecular formula is C15H17FN4O2S. The number of benzene rings is 1. The Morgan fingerprint density at radius 3 is 2.70 bits per heavy atom. The highest BCUT2D eigenvalue weighted by Crippen LogP contribution is 2.18. The average molecular weight is 336 g/mol. The molecule has 0 saturated carbocycles. The first-order valence-electron chi connectivity index (χ1n) is 7.10. The molecule has 6 nitrogen and oxygen atoms in total. The fourth-order valence-electron chi connectivity index (χ4n) is 1.76. The van der Waals surface area contributed by atoms with Gasteiger partial charge in [0.25, 0.3) is 11.5 Å². The van der Waals surface area contributed by atoms with Gasteiger partial charge in [0, 0.05) is 11.3 Å². The van der Waals surface area contributed by atoms with Crippen molar-refractivity contribution >= 4 is 29.2 Å². The van der Waals surface area contributed by atoms with E-state index in [2.05, 4.69) is 22.2 Å². The van der Waals surface area contributed by atoms with Gasteiger partial charge in [-0.25, -0.2) is 9.37 Å². The molecule has 0 radical (unpaired) electrons. The van der Waals surface area contributed by atoms with Gasteiger partial charge in [-0.05, 0) is 30.7 Å². The van der Waals surface area contributed by atoms with Crippen molar-refractivity contribution in [3.05, 3.63) is 46.0 Å². The third-order valence-corrected chi connectivity index (χ3v) is 3.97. The van der Waals surface area contributed by atoms with Crippen LogP contribution in [0.4, 0.5) is 15.9 Å². The molecule has 8 heteroatoms. The van der Waals surface area contributed by atoms with Crippen molar-refractivity contribution in [1.29, 1.82) is 0 Å². The summed E-state index contributed by atoms with van der Waals surface area (Å²) in [4.78, 5) is 30.8. The van der Waals surface area contributed by atoms with Gasteiger partial charge in [-0.1, -0.05) is 25.1 Å². The summed E-state index contributed by atoms with van der Waals surface area (Å²) in [5, 5.41) is 2.82. The monoisotopic (exact) mass is 336 g/mol. The number of amides is 1. The zero-order chi connectivity index (χ0) is 16.8. The van der Waals surface area contributed by atoms with Gasteiger partial charge in [0.1, 0.15) is 11.5 Å². The maximum absolute atomic E-state index is 12.9. The number of rotatable bonds is 6. The summed E-state index contributed by atoms with van der Waals surface area (Å²) in [5.41, 5.74) is 5.34. The second kappa shape index (κ2) is 7.77. The molecule has 4 N–H and O–H groups in total. The maximum Gasteiger partial charge on any atom is 0.277 e. The molecule has 2 aromatic rings. The Morgan fingerprint density at radius 1 is 1.39 bits per heavy atom. The highest BCUT2D eigenvalue weighted by molar-refractivity contribution is 7.99. The Bertz CT molecular complexity index is 746. The van der Waals surface area contributed by atoms with Crippen LogP contribution in [0.1, 0.15) is 30.1 Å². The summed E-state index contributed by atoms with van der Waals surface area (Å²) in [7, 11) is 0. The van der Waals surface area contributed by atoms with Crippen LogP contribution in [0.3, 0.4) is 0 Å². The molecule has 1 amide bonds. The normalized spacial score (nSPS) is 10.5. The largest absolute Gasteiger partial charge is 0.382 e. The van der Waals surface area contributed by atoms with E-state index in [1.807, 2.05) is 0 Å². The predicted molar refractivity (Wildman–Crippen MR) is 89.3 cm³/mol. The summed E-state index contributed by atoms with van der Waals surface area (Å²) in [6.45, 7) is 2.07. The molecule has 23 heavy (non-hydrogen) atoms. The second-order valence-electron chi connectivity index (χ2n) is 4.79. The summed E-state index contributed by atoms with van der Waals surface area (Å²) < 4.78 is 12.9. The lowest BCUT2D eigenvalue weighted by molar-refractivity contribution is 0.102. The minimum atomic E-state index is -0.560. The molecular weight excluding hydrogens is 319 g/mol. The number of carbonyl (C=O) groups excluding carboxylic acids is 1. The summed E-state index contributed by atoms with van der Waals surface area (Å²) in [6.07, 6.45) is 2.04. The van der Waals surface area contributed by atoms with Gasteiger partial charge >= 0.3 is 0 Å². The number of thioether (sulfide) groups is 1. The minimum absolute atomic E-state index is 0.0526. The number of carbonyl (C=O) groups is 1. The van der Waals surface area contributed by atoms with Gasteiger partial charge in [0.2, 0.25) is 0 Å². The van der Waals surface area contributed by atoms with E-state index in [4.69, 9.17) is 5.73 Å². The third-order valence-electron chi connectivity index (χ3n) is 3.01. The molecule has 0 atom stereocenters. The van der Waals surface area contributed by atoms with E-state index in [-0.39, 0.29) is 17.1 Å². The molecule has 0 bridgehead atoms. The molecule has 0 aliphatic rings. The first-order valence-corrected chi connectivity index (χ1v) is 8.09. The lowest BCUT2D eigenvalue weighted by Crippen LogP contribution is -2.23. The summed E-state index contributed by atoms with van der Waals surface area (Å²) in [6, 6.07) is 4.96. The van der Waals surface area contributed by atoms with Gasteiger partial charge in [-0.15, -0.1) is 0 Å². The summed E-state index contributed by atoms with van der Waals surface area (Å²) >= 11 is 1.40. The molecule has 0 unspecified atom stereocenters. The van der Waals surface area contributed by atoms with Crippen LogP contribution in [-0.2, 0) is 0 Å². The number of aromatic nitrogens is 2. The fraction of sp³-hybridized carbons (Fsp3) is 0.267. The number of unbranched alkanes of at least 4 members (excludes halogenated alkanes) is 1. The zero-order valence-electron chi connectivity index (χ0n) is 12.6. The van der Waals surface area contributed by atoms with Crippen LogP contribution in [0.15, 0.2) is 34.2 Å². The Balaban J connectivity index is 2.15. The van der Waals surface area contributed by atoms with Crippen LogP contribution in [0.25, 0.3) is 0 Å². The van der Waals surface area contributed by atoms with Gasteiger partial charge in [0.15, 0.2) is 11.0 Å². The van der Waals surface area contributed by atoms with E-state index in [0.29, 0.717) is 5.16 Å². The molecule has 122 valence electrons. The van der Waals surface area contributed by atoms with E-state index < -0.39 is 17.3 Å². The smallest absolute Gasteiger partial charge is 0.277 e. The van der Waals surface area contributed by atoms with Crippen LogP contribution < -0.4 is 16.6 Å². The SMILES string of the molecule is CCCCSc1nc(N)c(NC(=O)c2ccc(F)cc2)c(=O)[nH]1. The molecule has 0 saturated heterocycles.